The molecular formula is C20H25NO2. The van der Waals surface area contributed by atoms with E-state index >= 15 is 0 Å². The number of hydrogen-bond acceptors (Lipinski definition) is 2. The second kappa shape index (κ2) is 8.37. The summed E-state index contributed by atoms with van der Waals surface area (Å²) in [5, 5.41) is 3.00. The molecule has 0 unspecified atom stereocenters. The molecule has 0 atom stereocenters. The van der Waals surface area contributed by atoms with E-state index in [0.29, 0.717) is 19.4 Å². The summed E-state index contributed by atoms with van der Waals surface area (Å²) in [6.07, 6.45) is 2.19. The maximum atomic E-state index is 12.0. The number of carbonyl (C=O) groups excluding carboxylic acids is 1. The molecule has 0 radical (unpaired) electrons. The largest absolute Gasteiger partial charge is 0.494 e. The lowest BCUT2D eigenvalue weighted by atomic mass is 10.1. The smallest absolute Gasteiger partial charge is 0.224 e. The average molecular weight is 311 g/mol. The molecule has 0 spiro atoms. The van der Waals surface area contributed by atoms with Gasteiger partial charge in [-0.3, -0.25) is 4.79 Å². The van der Waals surface area contributed by atoms with E-state index in [1.165, 1.54) is 5.56 Å². The first-order chi connectivity index (χ1) is 11.1. The molecule has 122 valence electrons. The fourth-order valence-electron chi connectivity index (χ4n) is 2.46. The SMILES string of the molecule is CCc1ccc(OCCCC(=O)Nc2c(C)cccc2C)cc1. The average Bonchev–Trinajstić information content (AvgIpc) is 2.56. The van der Waals surface area contributed by atoms with Crippen molar-refractivity contribution in [3.05, 3.63) is 59.2 Å². The van der Waals surface area contributed by atoms with E-state index in [2.05, 4.69) is 24.4 Å². The van der Waals surface area contributed by atoms with Crippen LogP contribution in [0.5, 0.6) is 5.75 Å². The fourth-order valence-corrected chi connectivity index (χ4v) is 2.46. The van der Waals surface area contributed by atoms with Crippen LogP contribution in [-0.2, 0) is 11.2 Å². The van der Waals surface area contributed by atoms with Crippen molar-refractivity contribution in [1.29, 1.82) is 0 Å². The van der Waals surface area contributed by atoms with Crippen LogP contribution in [0.15, 0.2) is 42.5 Å². The van der Waals surface area contributed by atoms with Crippen molar-refractivity contribution in [2.75, 3.05) is 11.9 Å². The lowest BCUT2D eigenvalue weighted by molar-refractivity contribution is -0.116. The Morgan fingerprint density at radius 3 is 2.30 bits per heavy atom. The Labute approximate surface area is 138 Å². The molecular weight excluding hydrogens is 286 g/mol. The van der Waals surface area contributed by atoms with Crippen LogP contribution in [0.25, 0.3) is 0 Å². The number of nitrogens with one attached hydrogen (secondary N) is 1. The van der Waals surface area contributed by atoms with Crippen LogP contribution < -0.4 is 10.1 Å². The van der Waals surface area contributed by atoms with Crippen molar-refractivity contribution < 1.29 is 9.53 Å². The Kier molecular flexibility index (Phi) is 6.21. The topological polar surface area (TPSA) is 38.3 Å². The van der Waals surface area contributed by atoms with Gasteiger partial charge in [0, 0.05) is 12.1 Å². The van der Waals surface area contributed by atoms with E-state index in [1.54, 1.807) is 0 Å². The number of para-hydroxylation sites is 1. The first-order valence-electron chi connectivity index (χ1n) is 8.18. The number of benzene rings is 2. The summed E-state index contributed by atoms with van der Waals surface area (Å²) in [6.45, 7) is 6.69. The zero-order valence-corrected chi connectivity index (χ0v) is 14.2. The zero-order chi connectivity index (χ0) is 16.7. The number of amides is 1. The van der Waals surface area contributed by atoms with Gasteiger partial charge in [0.15, 0.2) is 0 Å². The minimum absolute atomic E-state index is 0.0346. The summed E-state index contributed by atoms with van der Waals surface area (Å²) >= 11 is 0. The van der Waals surface area contributed by atoms with Gasteiger partial charge in [0.05, 0.1) is 6.61 Å². The van der Waals surface area contributed by atoms with E-state index < -0.39 is 0 Å². The third-order valence-electron chi connectivity index (χ3n) is 3.89. The van der Waals surface area contributed by atoms with E-state index in [1.807, 2.05) is 44.2 Å². The normalized spacial score (nSPS) is 10.4. The molecule has 3 heteroatoms. The predicted octanol–water partition coefficient (Wildman–Crippen LogP) is 4.66. The van der Waals surface area contributed by atoms with Crippen molar-refractivity contribution in [2.24, 2.45) is 0 Å². The lowest BCUT2D eigenvalue weighted by Gasteiger charge is -2.11. The van der Waals surface area contributed by atoms with Crippen LogP contribution in [0.4, 0.5) is 5.69 Å². The highest BCUT2D eigenvalue weighted by Gasteiger charge is 2.07. The summed E-state index contributed by atoms with van der Waals surface area (Å²) in [6, 6.07) is 14.1. The summed E-state index contributed by atoms with van der Waals surface area (Å²) in [5.41, 5.74) is 4.40. The molecule has 0 aliphatic rings. The van der Waals surface area contributed by atoms with Gasteiger partial charge in [-0.2, -0.15) is 0 Å². The summed E-state index contributed by atoms with van der Waals surface area (Å²) in [4.78, 5) is 12.0. The molecule has 3 nitrogen and oxygen atoms in total. The molecule has 0 aliphatic heterocycles. The van der Waals surface area contributed by atoms with Crippen LogP contribution >= 0.6 is 0 Å². The molecule has 0 heterocycles. The monoisotopic (exact) mass is 311 g/mol. The first kappa shape index (κ1) is 17.1. The van der Waals surface area contributed by atoms with Gasteiger partial charge < -0.3 is 10.1 Å². The maximum absolute atomic E-state index is 12.0. The minimum atomic E-state index is 0.0346. The molecule has 1 N–H and O–H groups in total. The quantitative estimate of drug-likeness (QED) is 0.755. The Morgan fingerprint density at radius 2 is 1.70 bits per heavy atom. The second-order valence-corrected chi connectivity index (χ2v) is 5.76. The van der Waals surface area contributed by atoms with Crippen LogP contribution in [-0.4, -0.2) is 12.5 Å². The van der Waals surface area contributed by atoms with Crippen LogP contribution in [0.1, 0.15) is 36.5 Å². The molecule has 2 aromatic rings. The van der Waals surface area contributed by atoms with Crippen LogP contribution in [0.2, 0.25) is 0 Å². The molecule has 0 aromatic heterocycles. The molecule has 0 saturated heterocycles. The van der Waals surface area contributed by atoms with E-state index in [4.69, 9.17) is 4.74 Å². The number of aryl methyl sites for hydroxylation is 3. The lowest BCUT2D eigenvalue weighted by Crippen LogP contribution is -2.14. The zero-order valence-electron chi connectivity index (χ0n) is 14.2. The van der Waals surface area contributed by atoms with Crippen molar-refractivity contribution >= 4 is 11.6 Å². The molecule has 2 rings (SSSR count). The fraction of sp³-hybridized carbons (Fsp3) is 0.350. The predicted molar refractivity (Wildman–Crippen MR) is 95.1 cm³/mol. The van der Waals surface area contributed by atoms with Crippen molar-refractivity contribution in [3.63, 3.8) is 0 Å². The van der Waals surface area contributed by atoms with Crippen LogP contribution in [0.3, 0.4) is 0 Å². The highest BCUT2D eigenvalue weighted by atomic mass is 16.5. The molecule has 0 aliphatic carbocycles. The Balaban J connectivity index is 1.74. The third kappa shape index (κ3) is 5.13. The van der Waals surface area contributed by atoms with Gasteiger partial charge in [-0.05, 0) is 55.5 Å². The molecule has 2 aromatic carbocycles. The molecule has 0 bridgehead atoms. The Morgan fingerprint density at radius 1 is 1.04 bits per heavy atom. The first-order valence-corrected chi connectivity index (χ1v) is 8.18. The van der Waals surface area contributed by atoms with Gasteiger partial charge in [-0.25, -0.2) is 0 Å². The van der Waals surface area contributed by atoms with Crippen molar-refractivity contribution in [2.45, 2.75) is 40.0 Å². The van der Waals surface area contributed by atoms with Gasteiger partial charge in [0.1, 0.15) is 5.75 Å². The minimum Gasteiger partial charge on any atom is -0.494 e. The number of rotatable bonds is 7. The Bertz CT molecular complexity index is 627. The van der Waals surface area contributed by atoms with Crippen molar-refractivity contribution in [1.82, 2.24) is 0 Å². The Hall–Kier alpha value is -2.29. The molecule has 0 saturated carbocycles. The van der Waals surface area contributed by atoms with E-state index in [0.717, 1.165) is 29.0 Å². The number of ether oxygens (including phenoxy) is 1. The maximum Gasteiger partial charge on any atom is 0.224 e. The van der Waals surface area contributed by atoms with E-state index in [9.17, 15) is 4.79 Å². The summed E-state index contributed by atoms with van der Waals surface area (Å²) < 4.78 is 5.67. The van der Waals surface area contributed by atoms with Gasteiger partial charge in [0.2, 0.25) is 5.91 Å². The third-order valence-corrected chi connectivity index (χ3v) is 3.89. The summed E-state index contributed by atoms with van der Waals surface area (Å²) in [7, 11) is 0. The number of carbonyl (C=O) groups is 1. The highest BCUT2D eigenvalue weighted by molar-refractivity contribution is 5.92. The van der Waals surface area contributed by atoms with Crippen molar-refractivity contribution in [3.8, 4) is 5.75 Å². The number of anilines is 1. The molecule has 0 fully saturated rings. The van der Waals surface area contributed by atoms with Crippen LogP contribution in [0, 0.1) is 13.8 Å². The highest BCUT2D eigenvalue weighted by Crippen LogP contribution is 2.19. The standard InChI is InChI=1S/C20H25NO2/c1-4-17-10-12-18(13-11-17)23-14-6-9-19(22)21-20-15(2)7-5-8-16(20)3/h5,7-8,10-13H,4,6,9,14H2,1-3H3,(H,21,22). The second-order valence-electron chi connectivity index (χ2n) is 5.76. The van der Waals surface area contributed by atoms with E-state index in [-0.39, 0.29) is 5.91 Å². The molecule has 23 heavy (non-hydrogen) atoms. The summed E-state index contributed by atoms with van der Waals surface area (Å²) in [5.74, 6) is 0.893. The number of hydrogen-bond donors (Lipinski definition) is 1. The molecule has 1 amide bonds. The van der Waals surface area contributed by atoms with Gasteiger partial charge in [-0.15, -0.1) is 0 Å². The van der Waals surface area contributed by atoms with Gasteiger partial charge in [-0.1, -0.05) is 37.3 Å². The van der Waals surface area contributed by atoms with Gasteiger partial charge in [0.25, 0.3) is 0 Å². The van der Waals surface area contributed by atoms with Gasteiger partial charge >= 0.3 is 0 Å².